The number of furan rings is 1. The third-order valence-electron chi connectivity index (χ3n) is 7.17. The molecular formula is C41H34IrN2O-2. The van der Waals surface area contributed by atoms with Crippen LogP contribution in [0.15, 0.2) is 108 Å². The van der Waals surface area contributed by atoms with Crippen molar-refractivity contribution in [2.45, 2.75) is 46.0 Å². The molecule has 45 heavy (non-hydrogen) atoms. The number of rotatable bonds is 3. The Kier molecular flexibility index (Phi) is 4.67. The molecule has 0 amide bonds. The Balaban J connectivity index is 0.000000258. The van der Waals surface area contributed by atoms with Gasteiger partial charge in [-0.05, 0) is 90.5 Å². The van der Waals surface area contributed by atoms with Crippen LogP contribution < -0.4 is 0 Å². The van der Waals surface area contributed by atoms with Crippen molar-refractivity contribution in [3.8, 4) is 22.5 Å². The van der Waals surface area contributed by atoms with Gasteiger partial charge in [0.15, 0.2) is 0 Å². The molecule has 1 aliphatic carbocycles. The van der Waals surface area contributed by atoms with Crippen molar-refractivity contribution >= 4 is 21.9 Å². The number of benzene rings is 4. The number of pyridine rings is 2. The van der Waals surface area contributed by atoms with Crippen LogP contribution in [0.3, 0.4) is 0 Å². The molecule has 3 nitrogen and oxygen atoms in total. The minimum atomic E-state index is -2.72. The topological polar surface area (TPSA) is 38.9 Å². The smallest absolute Gasteiger partial charge is 0.121 e. The van der Waals surface area contributed by atoms with Crippen LogP contribution in [0.25, 0.3) is 44.5 Å². The predicted molar refractivity (Wildman–Crippen MR) is 180 cm³/mol. The molecule has 1 unspecified atom stereocenters. The van der Waals surface area contributed by atoms with E-state index in [1.165, 1.54) is 42.6 Å². The summed E-state index contributed by atoms with van der Waals surface area (Å²) in [5.74, 6) is -2.27. The van der Waals surface area contributed by atoms with Gasteiger partial charge >= 0.3 is 0 Å². The Morgan fingerprint density at radius 2 is 1.58 bits per heavy atom. The number of fused-ring (bicyclic) bond motifs is 4. The van der Waals surface area contributed by atoms with Gasteiger partial charge in [0.1, 0.15) is 5.58 Å². The number of hydrogen-bond donors (Lipinski definition) is 0. The first kappa shape index (κ1) is 16.3. The molecule has 0 saturated heterocycles. The van der Waals surface area contributed by atoms with Gasteiger partial charge in [0.05, 0.1) is 5.58 Å². The molecule has 7 aromatic rings. The van der Waals surface area contributed by atoms with E-state index in [2.05, 4.69) is 22.1 Å². The summed E-state index contributed by atoms with van der Waals surface area (Å²) in [6, 6.07) is 28.9. The second-order valence-corrected chi connectivity index (χ2v) is 10.1. The maximum atomic E-state index is 9.16. The first-order chi connectivity index (χ1) is 28.2. The molecule has 3 heterocycles. The van der Waals surface area contributed by atoms with E-state index in [0.29, 0.717) is 22.0 Å². The predicted octanol–water partition coefficient (Wildman–Crippen LogP) is 10.1. The van der Waals surface area contributed by atoms with Crippen molar-refractivity contribution in [3.63, 3.8) is 0 Å². The minimum absolute atomic E-state index is 0. The van der Waals surface area contributed by atoms with E-state index in [1.807, 2.05) is 0 Å². The van der Waals surface area contributed by atoms with Gasteiger partial charge in [0.25, 0.3) is 0 Å². The fourth-order valence-corrected chi connectivity index (χ4v) is 4.96. The molecule has 0 spiro atoms. The second kappa shape index (κ2) is 12.9. The number of aromatic nitrogens is 2. The van der Waals surface area contributed by atoms with E-state index in [4.69, 9.17) is 27.7 Å². The fourth-order valence-electron chi connectivity index (χ4n) is 4.96. The summed E-state index contributed by atoms with van der Waals surface area (Å²) < 4.78 is 142. The molecule has 0 bridgehead atoms. The molecule has 8 rings (SSSR count). The van der Waals surface area contributed by atoms with Crippen molar-refractivity contribution in [1.29, 1.82) is 0 Å². The molecule has 0 N–H and O–H groups in total. The molecule has 1 radical (unpaired) electrons. The third-order valence-corrected chi connectivity index (χ3v) is 7.17. The van der Waals surface area contributed by atoms with Crippen LogP contribution in [0.5, 0.6) is 0 Å². The van der Waals surface area contributed by atoms with Crippen molar-refractivity contribution in [3.05, 3.63) is 154 Å². The Bertz CT molecular complexity index is 2700. The van der Waals surface area contributed by atoms with E-state index in [-0.39, 0.29) is 81.5 Å². The SMILES string of the molecule is [2H]C([2H])([2H])c1c[c-]c(-c2ccc(C([2H])([2H])[2H])cn2)cc1.[2H]C([2H])([2H])c1cnc(-c2[c-]ccc3c2oc2cc4c(cc23)C([2H])([2H])C([2H])(c2ccccc2)C4([2H])[2H])cc1C([2H])([2H])[2H].[Ir]. The Morgan fingerprint density at radius 1 is 0.778 bits per heavy atom. The zero-order chi connectivity index (χ0) is 44.7. The van der Waals surface area contributed by atoms with Crippen LogP contribution in [0, 0.1) is 39.5 Å². The van der Waals surface area contributed by atoms with Crippen LogP contribution >= 0.6 is 0 Å². The van der Waals surface area contributed by atoms with Crippen molar-refractivity contribution in [1.82, 2.24) is 9.97 Å². The largest absolute Gasteiger partial charge is 0.501 e. The van der Waals surface area contributed by atoms with Gasteiger partial charge in [-0.2, -0.15) is 0 Å². The van der Waals surface area contributed by atoms with Crippen molar-refractivity contribution in [2.75, 3.05) is 0 Å². The molecule has 0 saturated carbocycles. The average Bonchev–Trinajstić information content (AvgIpc) is 3.61. The summed E-state index contributed by atoms with van der Waals surface area (Å²) in [5.41, 5.74) is 1.94. The van der Waals surface area contributed by atoms with Crippen LogP contribution in [-0.4, -0.2) is 9.97 Å². The number of hydrogen-bond acceptors (Lipinski definition) is 3. The second-order valence-electron chi connectivity index (χ2n) is 10.1. The standard InChI is InChI=1S/C28H22NO.C13H12N.Ir/c1-17-11-26(29-16-18(17)2)24-10-6-9-23-25-14-21-12-20(19-7-4-3-5-8-19)13-22(21)15-27(25)30-28(23)24;1-10-3-6-12(7-4-10)13-8-5-11(2)9-14-13;/h3-9,11,14-16,20H,12-13H2,1-2H3;3-6,8-9H,1-2H3;/q2*-1;/i1D3,2D3,12D2,13D2,20D;1D3,2D3;. The summed E-state index contributed by atoms with van der Waals surface area (Å²) in [5, 5.41) is 0.994. The van der Waals surface area contributed by atoms with Crippen LogP contribution in [0.1, 0.15) is 68.1 Å². The number of aryl methyl sites for hydroxylation is 4. The zero-order valence-electron chi connectivity index (χ0n) is 40.5. The maximum absolute atomic E-state index is 9.16. The Labute approximate surface area is 302 Å². The van der Waals surface area contributed by atoms with Gasteiger partial charge in [-0.3, -0.25) is 0 Å². The fraction of sp³-hybridized carbons (Fsp3) is 0.171. The molecule has 0 aliphatic heterocycles. The van der Waals surface area contributed by atoms with Gasteiger partial charge in [-0.1, -0.05) is 71.9 Å². The van der Waals surface area contributed by atoms with Gasteiger partial charge in [-0.15, -0.1) is 53.6 Å². The summed E-state index contributed by atoms with van der Waals surface area (Å²) >= 11 is 0. The van der Waals surface area contributed by atoms with Crippen LogP contribution in [0.2, 0.25) is 0 Å². The number of nitrogens with zero attached hydrogens (tertiary/aromatic N) is 2. The van der Waals surface area contributed by atoms with Crippen molar-refractivity contribution in [2.24, 2.45) is 0 Å². The maximum Gasteiger partial charge on any atom is 0.121 e. The van der Waals surface area contributed by atoms with E-state index >= 15 is 0 Å². The molecular weight excluding hydrogens is 729 g/mol. The van der Waals surface area contributed by atoms with E-state index < -0.39 is 46.0 Å². The quantitative estimate of drug-likeness (QED) is 0.168. The summed E-state index contributed by atoms with van der Waals surface area (Å²) in [4.78, 5) is 8.30. The minimum Gasteiger partial charge on any atom is -0.501 e. The first-order valence-electron chi connectivity index (χ1n) is 22.2. The van der Waals surface area contributed by atoms with Gasteiger partial charge in [-0.25, -0.2) is 0 Å². The summed E-state index contributed by atoms with van der Waals surface area (Å²) in [6.45, 7) is -9.74. The molecule has 4 aromatic carbocycles. The first-order valence-corrected chi connectivity index (χ1v) is 13.7. The van der Waals surface area contributed by atoms with Crippen LogP contribution in [-0.2, 0) is 32.9 Å². The van der Waals surface area contributed by atoms with Gasteiger partial charge in [0.2, 0.25) is 0 Å². The summed E-state index contributed by atoms with van der Waals surface area (Å²) in [7, 11) is 0. The average molecular weight is 780 g/mol. The molecule has 1 aliphatic rings. The molecule has 4 heteroatoms. The normalized spacial score (nSPS) is 24.2. The van der Waals surface area contributed by atoms with E-state index in [0.717, 1.165) is 6.20 Å². The van der Waals surface area contributed by atoms with E-state index in [9.17, 15) is 0 Å². The zero-order valence-corrected chi connectivity index (χ0v) is 25.8. The Hall–Kier alpha value is -4.37. The van der Waals surface area contributed by atoms with Gasteiger partial charge < -0.3 is 14.4 Å². The summed E-state index contributed by atoms with van der Waals surface area (Å²) in [6.07, 6.45) is -2.51. The third kappa shape index (κ3) is 6.27. The monoisotopic (exact) mass is 780 g/mol. The molecule has 0 fully saturated rings. The molecule has 3 aromatic heterocycles. The molecule has 1 atom stereocenters. The molecule has 225 valence electrons. The van der Waals surface area contributed by atoms with Gasteiger partial charge in [0, 0.05) is 61.2 Å². The van der Waals surface area contributed by atoms with Crippen LogP contribution in [0.4, 0.5) is 0 Å². The van der Waals surface area contributed by atoms with Crippen molar-refractivity contribution < 1.29 is 47.8 Å². The van der Waals surface area contributed by atoms with E-state index in [1.54, 1.807) is 54.6 Å². The Morgan fingerprint density at radius 3 is 2.31 bits per heavy atom.